The maximum Gasteiger partial charge on any atom is 0.0838 e. The van der Waals surface area contributed by atoms with Crippen LogP contribution < -0.4 is 5.73 Å². The Balaban J connectivity index is 4.84. The largest absolute Gasteiger partial charge is 0.401 e. The fraction of sp³-hybridized carbons (Fsp3) is 0.500. The van der Waals surface area contributed by atoms with Gasteiger partial charge in [-0.2, -0.15) is 0 Å². The van der Waals surface area contributed by atoms with Crippen LogP contribution in [0.3, 0.4) is 0 Å². The van der Waals surface area contributed by atoms with Crippen LogP contribution in [0.2, 0.25) is 0 Å². The molecule has 0 bridgehead atoms. The molecule has 0 aromatic carbocycles. The van der Waals surface area contributed by atoms with Crippen molar-refractivity contribution in [3.8, 4) is 0 Å². The zero-order valence-electron chi connectivity index (χ0n) is 8.44. The Morgan fingerprint density at radius 1 is 1.33 bits per heavy atom. The van der Waals surface area contributed by atoms with Gasteiger partial charge in [-0.15, -0.1) is 0 Å². The molecule has 2 N–H and O–H groups in total. The molecule has 0 aliphatic carbocycles. The molecule has 0 fully saturated rings. The van der Waals surface area contributed by atoms with Crippen LogP contribution in [0.25, 0.3) is 0 Å². The highest BCUT2D eigenvalue weighted by Crippen LogP contribution is 2.15. The summed E-state index contributed by atoms with van der Waals surface area (Å²) >= 11 is 0. The molecule has 0 radical (unpaired) electrons. The van der Waals surface area contributed by atoms with Crippen molar-refractivity contribution in [2.24, 2.45) is 10.7 Å². The van der Waals surface area contributed by atoms with Crippen LogP contribution in [-0.4, -0.2) is 5.71 Å². The molecule has 0 aliphatic heterocycles. The van der Waals surface area contributed by atoms with Crippen LogP contribution in [0.5, 0.6) is 0 Å². The monoisotopic (exact) mass is 166 g/mol. The number of allylic oxidation sites excluding steroid dienone is 2. The van der Waals surface area contributed by atoms with Gasteiger partial charge in [0.2, 0.25) is 0 Å². The third-order valence-electron chi connectivity index (χ3n) is 1.47. The van der Waals surface area contributed by atoms with Gasteiger partial charge in [0, 0.05) is 11.4 Å². The fourth-order valence-corrected chi connectivity index (χ4v) is 0.837. The van der Waals surface area contributed by atoms with Crippen molar-refractivity contribution in [1.29, 1.82) is 0 Å². The third-order valence-corrected chi connectivity index (χ3v) is 1.47. The Labute approximate surface area is 74.9 Å². The van der Waals surface area contributed by atoms with Gasteiger partial charge in [-0.3, -0.25) is 4.99 Å². The van der Waals surface area contributed by atoms with Gasteiger partial charge in [-0.25, -0.2) is 0 Å². The van der Waals surface area contributed by atoms with Crippen molar-refractivity contribution < 1.29 is 0 Å². The molecular weight excluding hydrogens is 148 g/mol. The highest BCUT2D eigenvalue weighted by Gasteiger charge is 2.01. The van der Waals surface area contributed by atoms with E-state index in [4.69, 9.17) is 5.73 Å². The lowest BCUT2D eigenvalue weighted by molar-refractivity contribution is 1.06. The van der Waals surface area contributed by atoms with Gasteiger partial charge in [0.1, 0.15) is 0 Å². The highest BCUT2D eigenvalue weighted by molar-refractivity contribution is 5.80. The van der Waals surface area contributed by atoms with Gasteiger partial charge in [0.25, 0.3) is 0 Å². The molecule has 0 amide bonds. The first-order valence-corrected chi connectivity index (χ1v) is 4.15. The van der Waals surface area contributed by atoms with Crippen molar-refractivity contribution >= 4 is 5.71 Å². The van der Waals surface area contributed by atoms with E-state index in [2.05, 4.69) is 11.6 Å². The lowest BCUT2D eigenvalue weighted by atomic mass is 10.1. The summed E-state index contributed by atoms with van der Waals surface area (Å²) in [5.41, 5.74) is 9.26. The van der Waals surface area contributed by atoms with Gasteiger partial charge >= 0.3 is 0 Å². The Kier molecular flexibility index (Phi) is 4.34. The number of hydrogen-bond donors (Lipinski definition) is 1. The molecule has 0 rings (SSSR count). The average Bonchev–Trinajstić information content (AvgIpc) is 1.98. The summed E-state index contributed by atoms with van der Waals surface area (Å²) in [6.07, 6.45) is 0.890. The molecule has 2 nitrogen and oxygen atoms in total. The van der Waals surface area contributed by atoms with E-state index in [1.54, 1.807) is 0 Å². The molecule has 0 unspecified atom stereocenters. The number of rotatable bonds is 3. The fourth-order valence-electron chi connectivity index (χ4n) is 0.837. The molecule has 0 aromatic rings. The van der Waals surface area contributed by atoms with Crippen LogP contribution in [0.15, 0.2) is 28.5 Å². The Bertz CT molecular complexity index is 226. The number of hydrogen-bond acceptors (Lipinski definition) is 2. The standard InChI is InChI=1S/C10H18N2/c1-6-8(4)10(9(5)11)12-7(2)3/h4,6,11H2,1-3,5H3/b10-9+. The SMILES string of the molecule is C=C(CC)/C(N=C(C)C)=C(/C)N. The van der Waals surface area contributed by atoms with E-state index in [0.29, 0.717) is 0 Å². The van der Waals surface area contributed by atoms with Crippen molar-refractivity contribution in [2.45, 2.75) is 34.1 Å². The van der Waals surface area contributed by atoms with E-state index < -0.39 is 0 Å². The van der Waals surface area contributed by atoms with Gasteiger partial charge in [-0.05, 0) is 32.8 Å². The third kappa shape index (κ3) is 3.37. The molecule has 0 spiro atoms. The molecule has 68 valence electrons. The number of nitrogens with zero attached hydrogens (tertiary/aromatic N) is 1. The van der Waals surface area contributed by atoms with Crippen molar-refractivity contribution in [2.75, 3.05) is 0 Å². The minimum atomic E-state index is 0.739. The van der Waals surface area contributed by atoms with Crippen molar-refractivity contribution in [1.82, 2.24) is 0 Å². The second-order valence-electron chi connectivity index (χ2n) is 3.05. The smallest absolute Gasteiger partial charge is 0.0838 e. The van der Waals surface area contributed by atoms with Crippen LogP contribution in [0.1, 0.15) is 34.1 Å². The van der Waals surface area contributed by atoms with E-state index in [-0.39, 0.29) is 0 Å². The molecule has 0 aromatic heterocycles. The minimum absolute atomic E-state index is 0.739. The number of nitrogens with two attached hydrogens (primary N) is 1. The van der Waals surface area contributed by atoms with Crippen LogP contribution in [-0.2, 0) is 0 Å². The topological polar surface area (TPSA) is 38.4 Å². The van der Waals surface area contributed by atoms with Crippen molar-refractivity contribution in [3.05, 3.63) is 23.5 Å². The van der Waals surface area contributed by atoms with E-state index in [1.807, 2.05) is 27.7 Å². The first-order chi connectivity index (χ1) is 5.49. The van der Waals surface area contributed by atoms with Gasteiger partial charge in [0.05, 0.1) is 5.70 Å². The van der Waals surface area contributed by atoms with Gasteiger partial charge in [0.15, 0.2) is 0 Å². The van der Waals surface area contributed by atoms with Crippen LogP contribution >= 0.6 is 0 Å². The zero-order chi connectivity index (χ0) is 9.72. The average molecular weight is 166 g/mol. The zero-order valence-corrected chi connectivity index (χ0v) is 8.44. The molecule has 0 atom stereocenters. The minimum Gasteiger partial charge on any atom is -0.401 e. The summed E-state index contributed by atoms with van der Waals surface area (Å²) in [5.74, 6) is 0. The first-order valence-electron chi connectivity index (χ1n) is 4.15. The Morgan fingerprint density at radius 3 is 2.08 bits per heavy atom. The quantitative estimate of drug-likeness (QED) is 0.508. The van der Waals surface area contributed by atoms with Gasteiger partial charge in [-0.1, -0.05) is 13.5 Å². The second-order valence-corrected chi connectivity index (χ2v) is 3.05. The summed E-state index contributed by atoms with van der Waals surface area (Å²) in [6, 6.07) is 0. The molecule has 0 heterocycles. The maximum atomic E-state index is 5.67. The Hall–Kier alpha value is -1.05. The van der Waals surface area contributed by atoms with E-state index in [0.717, 1.165) is 29.1 Å². The molecule has 0 saturated heterocycles. The summed E-state index contributed by atoms with van der Waals surface area (Å²) in [6.45, 7) is 11.7. The van der Waals surface area contributed by atoms with Crippen LogP contribution in [0.4, 0.5) is 0 Å². The molecule has 2 heteroatoms. The Morgan fingerprint density at radius 2 is 1.83 bits per heavy atom. The second kappa shape index (κ2) is 4.75. The summed E-state index contributed by atoms with van der Waals surface area (Å²) < 4.78 is 0. The van der Waals surface area contributed by atoms with E-state index in [9.17, 15) is 0 Å². The number of aliphatic imine (C=N–C) groups is 1. The van der Waals surface area contributed by atoms with Crippen molar-refractivity contribution in [3.63, 3.8) is 0 Å². The summed E-state index contributed by atoms with van der Waals surface area (Å²) in [7, 11) is 0. The van der Waals surface area contributed by atoms with E-state index >= 15 is 0 Å². The highest BCUT2D eigenvalue weighted by atomic mass is 14.8. The summed E-state index contributed by atoms with van der Waals surface area (Å²) in [4.78, 5) is 4.32. The van der Waals surface area contributed by atoms with Crippen LogP contribution in [0, 0.1) is 0 Å². The molecule has 12 heavy (non-hydrogen) atoms. The predicted molar refractivity (Wildman–Crippen MR) is 55.1 cm³/mol. The molecule has 0 saturated carbocycles. The molecule has 0 aliphatic rings. The lowest BCUT2D eigenvalue weighted by Crippen LogP contribution is -2.00. The normalized spacial score (nSPS) is 12.0. The van der Waals surface area contributed by atoms with E-state index in [1.165, 1.54) is 0 Å². The molecular formula is C10H18N2. The summed E-state index contributed by atoms with van der Waals surface area (Å²) in [5, 5.41) is 0. The predicted octanol–water partition coefficient (Wildman–Crippen LogP) is 2.62. The lowest BCUT2D eigenvalue weighted by Gasteiger charge is -2.06. The van der Waals surface area contributed by atoms with Gasteiger partial charge < -0.3 is 5.73 Å². The first kappa shape index (κ1) is 11.0. The maximum absolute atomic E-state index is 5.67.